The van der Waals surface area contributed by atoms with Crippen molar-refractivity contribution in [3.05, 3.63) is 35.0 Å². The zero-order chi connectivity index (χ0) is 18.0. The van der Waals surface area contributed by atoms with Gasteiger partial charge in [0.05, 0.1) is 18.7 Å². The van der Waals surface area contributed by atoms with Crippen molar-refractivity contribution in [2.75, 3.05) is 20.1 Å². The minimum Gasteiger partial charge on any atom is -0.351 e. The van der Waals surface area contributed by atoms with Crippen LogP contribution in [0.5, 0.6) is 0 Å². The average molecular weight is 420 g/mol. The number of aryl methyl sites for hydroxylation is 1. The maximum Gasteiger partial charge on any atom is 0.249 e. The summed E-state index contributed by atoms with van der Waals surface area (Å²) < 4.78 is 27.8. The Balaban J connectivity index is 0.00000243. The van der Waals surface area contributed by atoms with E-state index in [-0.39, 0.29) is 34.4 Å². The molecular formula is C15H22ClN5O3S2. The number of hydrogen-bond donors (Lipinski definition) is 3. The molecule has 3 heterocycles. The molecule has 0 aromatic carbocycles. The molecular weight excluding hydrogens is 398 g/mol. The molecule has 0 spiro atoms. The summed E-state index contributed by atoms with van der Waals surface area (Å²) in [6.45, 7) is 1.68. The van der Waals surface area contributed by atoms with Crippen molar-refractivity contribution < 1.29 is 13.2 Å². The number of carbonyl (C=O) groups is 1. The Morgan fingerprint density at radius 3 is 2.85 bits per heavy atom. The average Bonchev–Trinajstić information content (AvgIpc) is 3.32. The molecule has 3 rings (SSSR count). The molecule has 3 N–H and O–H groups in total. The fraction of sp³-hybridized carbons (Fsp3) is 0.467. The van der Waals surface area contributed by atoms with Crippen LogP contribution in [0.3, 0.4) is 0 Å². The fourth-order valence-corrected chi connectivity index (χ4v) is 5.07. The molecule has 2 aromatic heterocycles. The molecule has 0 aliphatic carbocycles. The van der Waals surface area contributed by atoms with Gasteiger partial charge >= 0.3 is 0 Å². The van der Waals surface area contributed by atoms with Gasteiger partial charge in [0.1, 0.15) is 4.21 Å². The minimum atomic E-state index is -3.44. The van der Waals surface area contributed by atoms with Crippen LogP contribution in [0.4, 0.5) is 0 Å². The van der Waals surface area contributed by atoms with Crippen LogP contribution in [0.25, 0.3) is 0 Å². The summed E-state index contributed by atoms with van der Waals surface area (Å²) >= 11 is 1.16. The third-order valence-electron chi connectivity index (χ3n) is 4.31. The highest BCUT2D eigenvalue weighted by Crippen LogP contribution is 2.28. The van der Waals surface area contributed by atoms with Gasteiger partial charge in [-0.3, -0.25) is 9.48 Å². The van der Waals surface area contributed by atoms with Crippen LogP contribution in [0.15, 0.2) is 28.7 Å². The molecule has 2 atom stereocenters. The maximum atomic E-state index is 12.6. The van der Waals surface area contributed by atoms with E-state index >= 15 is 0 Å². The first-order valence-electron chi connectivity index (χ1n) is 7.90. The van der Waals surface area contributed by atoms with Crippen molar-refractivity contribution in [2.45, 2.75) is 16.7 Å². The molecule has 0 unspecified atom stereocenters. The number of nitrogens with zero attached hydrogens (tertiary/aromatic N) is 2. The number of nitrogens with one attached hydrogen (secondary N) is 3. The topological polar surface area (TPSA) is 105 Å². The van der Waals surface area contributed by atoms with Crippen LogP contribution in [0.2, 0.25) is 0 Å². The lowest BCUT2D eigenvalue weighted by Gasteiger charge is -2.16. The van der Waals surface area contributed by atoms with Crippen LogP contribution in [0, 0.1) is 5.92 Å². The van der Waals surface area contributed by atoms with E-state index in [0.29, 0.717) is 13.1 Å². The van der Waals surface area contributed by atoms with E-state index in [0.717, 1.165) is 28.3 Å². The molecule has 1 saturated heterocycles. The van der Waals surface area contributed by atoms with Crippen LogP contribution in [0.1, 0.15) is 16.4 Å². The first kappa shape index (κ1) is 20.8. The minimum absolute atomic E-state index is 0. The van der Waals surface area contributed by atoms with Crippen LogP contribution >= 0.6 is 23.7 Å². The van der Waals surface area contributed by atoms with Gasteiger partial charge in [-0.2, -0.15) is 5.10 Å². The molecule has 1 aliphatic heterocycles. The molecule has 1 fully saturated rings. The summed E-state index contributed by atoms with van der Waals surface area (Å²) in [6.07, 6.45) is 3.73. The number of aromatic nitrogens is 2. The summed E-state index contributed by atoms with van der Waals surface area (Å²) in [7, 11) is -0.205. The third kappa shape index (κ3) is 4.44. The van der Waals surface area contributed by atoms with E-state index in [1.165, 1.54) is 7.05 Å². The van der Waals surface area contributed by atoms with Gasteiger partial charge < -0.3 is 10.6 Å². The van der Waals surface area contributed by atoms with Crippen molar-refractivity contribution in [2.24, 2.45) is 13.0 Å². The molecule has 1 aliphatic rings. The van der Waals surface area contributed by atoms with Crippen molar-refractivity contribution in [3.63, 3.8) is 0 Å². The highest BCUT2D eigenvalue weighted by atomic mass is 35.5. The van der Waals surface area contributed by atoms with E-state index in [1.807, 2.05) is 13.2 Å². The predicted octanol–water partition coefficient (Wildman–Crippen LogP) is 0.431. The summed E-state index contributed by atoms with van der Waals surface area (Å²) in [5, 5.41) is 10.4. The van der Waals surface area contributed by atoms with E-state index < -0.39 is 10.0 Å². The second-order valence-electron chi connectivity index (χ2n) is 5.96. The molecule has 144 valence electrons. The number of amides is 1. The monoisotopic (exact) mass is 419 g/mol. The Labute approximate surface area is 162 Å². The standard InChI is InChI=1S/C15H21N5O3S2.ClH/c1-16-25(22,23)14-4-3-11(24-14)6-18-15(21)13-8-17-7-12(13)10-5-19-20(2)9-10;/h3-5,9,12-13,16-17H,6-8H2,1-2H3,(H,18,21);1H/t12-,13+;/m1./s1. The SMILES string of the molecule is CNS(=O)(=O)c1ccc(CNC(=O)[C@H]2CNC[C@@H]2c2cnn(C)c2)s1.Cl. The number of thiophene rings is 1. The molecule has 26 heavy (non-hydrogen) atoms. The second-order valence-corrected chi connectivity index (χ2v) is 9.25. The van der Waals surface area contributed by atoms with Gasteiger partial charge in [-0.1, -0.05) is 0 Å². The van der Waals surface area contributed by atoms with Crippen molar-refractivity contribution >= 4 is 39.7 Å². The summed E-state index contributed by atoms with van der Waals surface area (Å²) in [5.41, 5.74) is 1.05. The molecule has 2 aromatic rings. The molecule has 0 radical (unpaired) electrons. The lowest BCUT2D eigenvalue weighted by atomic mass is 9.90. The predicted molar refractivity (Wildman–Crippen MR) is 102 cm³/mol. The van der Waals surface area contributed by atoms with Crippen LogP contribution in [-0.2, 0) is 28.4 Å². The van der Waals surface area contributed by atoms with Gasteiger partial charge in [0.15, 0.2) is 0 Å². The molecule has 0 bridgehead atoms. The Hall–Kier alpha value is -1.46. The van der Waals surface area contributed by atoms with Crippen molar-refractivity contribution in [1.82, 2.24) is 25.1 Å². The highest BCUT2D eigenvalue weighted by Gasteiger charge is 2.34. The Bertz CT molecular complexity index is 864. The highest BCUT2D eigenvalue weighted by molar-refractivity contribution is 7.91. The number of halogens is 1. The molecule has 0 saturated carbocycles. The lowest BCUT2D eigenvalue weighted by molar-refractivity contribution is -0.125. The summed E-state index contributed by atoms with van der Waals surface area (Å²) in [6, 6.07) is 3.27. The van der Waals surface area contributed by atoms with Gasteiger partial charge in [-0.25, -0.2) is 13.1 Å². The summed E-state index contributed by atoms with van der Waals surface area (Å²) in [4.78, 5) is 13.4. The quantitative estimate of drug-likeness (QED) is 0.629. The van der Waals surface area contributed by atoms with Gasteiger partial charge in [0, 0.05) is 37.1 Å². The number of carbonyl (C=O) groups excluding carboxylic acids is 1. The normalized spacial score (nSPS) is 19.9. The molecule has 1 amide bonds. The van der Waals surface area contributed by atoms with Gasteiger partial charge in [0.25, 0.3) is 0 Å². The fourth-order valence-electron chi connectivity index (χ4n) is 2.94. The van der Waals surface area contributed by atoms with Gasteiger partial charge in [0.2, 0.25) is 15.9 Å². The molecule has 11 heteroatoms. The lowest BCUT2D eigenvalue weighted by Crippen LogP contribution is -2.33. The Morgan fingerprint density at radius 2 is 2.19 bits per heavy atom. The van der Waals surface area contributed by atoms with Crippen LogP contribution in [-0.4, -0.2) is 44.2 Å². The zero-order valence-corrected chi connectivity index (χ0v) is 16.9. The van der Waals surface area contributed by atoms with Crippen LogP contribution < -0.4 is 15.4 Å². The first-order valence-corrected chi connectivity index (χ1v) is 10.2. The first-order chi connectivity index (χ1) is 11.9. The largest absolute Gasteiger partial charge is 0.351 e. The van der Waals surface area contributed by atoms with E-state index in [9.17, 15) is 13.2 Å². The summed E-state index contributed by atoms with van der Waals surface area (Å²) in [5.74, 6) is -0.104. The van der Waals surface area contributed by atoms with Crippen molar-refractivity contribution in [1.29, 1.82) is 0 Å². The van der Waals surface area contributed by atoms with Gasteiger partial charge in [-0.15, -0.1) is 23.7 Å². The van der Waals surface area contributed by atoms with E-state index in [1.54, 1.807) is 23.0 Å². The second kappa shape index (κ2) is 8.49. The Kier molecular flexibility index (Phi) is 6.80. The number of sulfonamides is 1. The van der Waals surface area contributed by atoms with E-state index in [4.69, 9.17) is 0 Å². The smallest absolute Gasteiger partial charge is 0.249 e. The van der Waals surface area contributed by atoms with E-state index in [2.05, 4.69) is 20.5 Å². The van der Waals surface area contributed by atoms with Gasteiger partial charge in [-0.05, 0) is 24.7 Å². The number of hydrogen-bond acceptors (Lipinski definition) is 6. The third-order valence-corrected chi connectivity index (χ3v) is 7.30. The number of rotatable bonds is 6. The molecule has 8 nitrogen and oxygen atoms in total. The Morgan fingerprint density at radius 1 is 1.42 bits per heavy atom. The van der Waals surface area contributed by atoms with Crippen molar-refractivity contribution in [3.8, 4) is 0 Å². The zero-order valence-electron chi connectivity index (χ0n) is 14.4. The maximum absolute atomic E-state index is 12.6.